The van der Waals surface area contributed by atoms with Gasteiger partial charge in [-0.1, -0.05) is 25.4 Å². The number of halogens is 1. The van der Waals surface area contributed by atoms with Gasteiger partial charge in [0.25, 0.3) is 0 Å². The van der Waals surface area contributed by atoms with E-state index in [2.05, 4.69) is 24.1 Å². The van der Waals surface area contributed by atoms with Crippen molar-refractivity contribution in [2.75, 3.05) is 13.2 Å². The molecule has 1 rings (SSSR count). The van der Waals surface area contributed by atoms with E-state index >= 15 is 0 Å². The standard InChI is InChI=1S/C12H22ClN3O/c1-12(2,5-4-6-17)9-14-8-11-15-7-10(13)16(11)3/h7,14,17H,4-6,8-9H2,1-3H3. The van der Waals surface area contributed by atoms with Crippen molar-refractivity contribution in [3.8, 4) is 0 Å². The zero-order valence-electron chi connectivity index (χ0n) is 10.8. The highest BCUT2D eigenvalue weighted by atomic mass is 35.5. The van der Waals surface area contributed by atoms with Crippen LogP contribution in [-0.4, -0.2) is 27.8 Å². The van der Waals surface area contributed by atoms with Crippen molar-refractivity contribution in [3.05, 3.63) is 17.2 Å². The minimum absolute atomic E-state index is 0.192. The largest absolute Gasteiger partial charge is 0.396 e. The molecule has 1 aromatic rings. The molecule has 0 aromatic carbocycles. The normalized spacial score (nSPS) is 12.1. The number of hydrogen-bond donors (Lipinski definition) is 2. The molecular weight excluding hydrogens is 238 g/mol. The van der Waals surface area contributed by atoms with Crippen LogP contribution >= 0.6 is 11.6 Å². The lowest BCUT2D eigenvalue weighted by molar-refractivity contribution is 0.236. The summed E-state index contributed by atoms with van der Waals surface area (Å²) in [5.41, 5.74) is 0.192. The molecule has 5 heteroatoms. The van der Waals surface area contributed by atoms with Gasteiger partial charge in [-0.25, -0.2) is 4.98 Å². The van der Waals surface area contributed by atoms with E-state index in [9.17, 15) is 0 Å². The smallest absolute Gasteiger partial charge is 0.128 e. The van der Waals surface area contributed by atoms with Crippen molar-refractivity contribution >= 4 is 11.6 Å². The minimum atomic E-state index is 0.192. The van der Waals surface area contributed by atoms with E-state index in [-0.39, 0.29) is 12.0 Å². The summed E-state index contributed by atoms with van der Waals surface area (Å²) in [6.07, 6.45) is 3.52. The van der Waals surface area contributed by atoms with Gasteiger partial charge in [0.1, 0.15) is 11.0 Å². The summed E-state index contributed by atoms with van der Waals surface area (Å²) in [5, 5.41) is 12.9. The fraction of sp³-hybridized carbons (Fsp3) is 0.750. The molecular formula is C12H22ClN3O. The number of aromatic nitrogens is 2. The van der Waals surface area contributed by atoms with E-state index < -0.39 is 0 Å². The number of hydrogen-bond acceptors (Lipinski definition) is 3. The van der Waals surface area contributed by atoms with Crippen LogP contribution in [0.5, 0.6) is 0 Å². The molecule has 0 amide bonds. The first-order chi connectivity index (χ1) is 7.96. The predicted octanol–water partition coefficient (Wildman–Crippen LogP) is 1.96. The molecule has 0 saturated carbocycles. The van der Waals surface area contributed by atoms with Gasteiger partial charge in [0.2, 0.25) is 0 Å². The summed E-state index contributed by atoms with van der Waals surface area (Å²) in [6.45, 7) is 6.27. The Kier molecular flexibility index (Phi) is 5.43. The highest BCUT2D eigenvalue weighted by Gasteiger charge is 2.17. The Balaban J connectivity index is 2.34. The van der Waals surface area contributed by atoms with Gasteiger partial charge in [0.05, 0.1) is 12.7 Å². The van der Waals surface area contributed by atoms with Gasteiger partial charge in [-0.15, -0.1) is 0 Å². The second kappa shape index (κ2) is 6.38. The van der Waals surface area contributed by atoms with Crippen molar-refractivity contribution < 1.29 is 5.11 Å². The Morgan fingerprint density at radius 2 is 2.24 bits per heavy atom. The van der Waals surface area contributed by atoms with Crippen LogP contribution in [0, 0.1) is 5.41 Å². The predicted molar refractivity (Wildman–Crippen MR) is 70.0 cm³/mol. The summed E-state index contributed by atoms with van der Waals surface area (Å²) in [4.78, 5) is 4.23. The third kappa shape index (κ3) is 4.66. The molecule has 0 spiro atoms. The summed E-state index contributed by atoms with van der Waals surface area (Å²) >= 11 is 5.91. The van der Waals surface area contributed by atoms with Crippen LogP contribution in [0.25, 0.3) is 0 Å². The van der Waals surface area contributed by atoms with Gasteiger partial charge in [-0.05, 0) is 18.3 Å². The van der Waals surface area contributed by atoms with Crippen LogP contribution < -0.4 is 5.32 Å². The van der Waals surface area contributed by atoms with Crippen LogP contribution in [0.1, 0.15) is 32.5 Å². The molecule has 0 fully saturated rings. The summed E-state index contributed by atoms with van der Waals surface area (Å²) in [6, 6.07) is 0. The molecule has 17 heavy (non-hydrogen) atoms. The number of nitrogens with one attached hydrogen (secondary N) is 1. The summed E-state index contributed by atoms with van der Waals surface area (Å²) < 4.78 is 1.87. The Morgan fingerprint density at radius 1 is 1.53 bits per heavy atom. The van der Waals surface area contributed by atoms with Crippen LogP contribution in [-0.2, 0) is 13.6 Å². The number of aliphatic hydroxyl groups is 1. The zero-order chi connectivity index (χ0) is 12.9. The maximum Gasteiger partial charge on any atom is 0.128 e. The quantitative estimate of drug-likeness (QED) is 0.787. The highest BCUT2D eigenvalue weighted by molar-refractivity contribution is 6.29. The molecule has 0 aliphatic carbocycles. The van der Waals surface area contributed by atoms with E-state index in [4.69, 9.17) is 16.7 Å². The molecule has 0 saturated heterocycles. The molecule has 2 N–H and O–H groups in total. The average Bonchev–Trinajstić information content (AvgIpc) is 2.58. The van der Waals surface area contributed by atoms with Gasteiger partial charge < -0.3 is 15.0 Å². The molecule has 0 atom stereocenters. The van der Waals surface area contributed by atoms with E-state index in [0.29, 0.717) is 11.7 Å². The van der Waals surface area contributed by atoms with Crippen molar-refractivity contribution in [2.45, 2.75) is 33.2 Å². The summed E-state index contributed by atoms with van der Waals surface area (Å²) in [5.74, 6) is 0.938. The second-order valence-electron chi connectivity index (χ2n) is 5.15. The minimum Gasteiger partial charge on any atom is -0.396 e. The Morgan fingerprint density at radius 3 is 2.76 bits per heavy atom. The van der Waals surface area contributed by atoms with E-state index in [0.717, 1.165) is 25.2 Å². The molecule has 0 aliphatic heterocycles. The van der Waals surface area contributed by atoms with Crippen molar-refractivity contribution in [3.63, 3.8) is 0 Å². The van der Waals surface area contributed by atoms with Gasteiger partial charge in [-0.2, -0.15) is 0 Å². The van der Waals surface area contributed by atoms with Crippen LogP contribution in [0.2, 0.25) is 5.15 Å². The van der Waals surface area contributed by atoms with Gasteiger partial charge in [0, 0.05) is 20.2 Å². The molecule has 0 radical (unpaired) electrons. The van der Waals surface area contributed by atoms with Crippen LogP contribution in [0.15, 0.2) is 6.20 Å². The number of nitrogens with zero attached hydrogens (tertiary/aromatic N) is 2. The Bertz CT molecular complexity index is 350. The van der Waals surface area contributed by atoms with Crippen molar-refractivity contribution in [2.24, 2.45) is 12.5 Å². The first-order valence-electron chi connectivity index (χ1n) is 5.94. The second-order valence-corrected chi connectivity index (χ2v) is 5.54. The molecule has 0 unspecified atom stereocenters. The van der Waals surface area contributed by atoms with E-state index in [1.807, 2.05) is 11.6 Å². The maximum atomic E-state index is 8.82. The molecule has 1 aromatic heterocycles. The van der Waals surface area contributed by atoms with Gasteiger partial charge in [-0.3, -0.25) is 0 Å². The van der Waals surface area contributed by atoms with Crippen molar-refractivity contribution in [1.29, 1.82) is 0 Å². The topological polar surface area (TPSA) is 50.1 Å². The fourth-order valence-corrected chi connectivity index (χ4v) is 1.89. The van der Waals surface area contributed by atoms with Crippen LogP contribution in [0.3, 0.4) is 0 Å². The molecule has 0 aliphatic rings. The SMILES string of the molecule is Cn1c(Cl)cnc1CNCC(C)(C)CCCO. The molecule has 1 heterocycles. The Hall–Kier alpha value is -0.580. The van der Waals surface area contributed by atoms with E-state index in [1.165, 1.54) is 0 Å². The monoisotopic (exact) mass is 259 g/mol. The number of imidazole rings is 1. The fourth-order valence-electron chi connectivity index (χ4n) is 1.75. The lowest BCUT2D eigenvalue weighted by atomic mass is 9.88. The first-order valence-corrected chi connectivity index (χ1v) is 6.32. The van der Waals surface area contributed by atoms with E-state index in [1.54, 1.807) is 6.20 Å². The first kappa shape index (κ1) is 14.5. The lowest BCUT2D eigenvalue weighted by Crippen LogP contribution is -2.30. The van der Waals surface area contributed by atoms with Gasteiger partial charge >= 0.3 is 0 Å². The third-order valence-corrected chi connectivity index (χ3v) is 3.28. The highest BCUT2D eigenvalue weighted by Crippen LogP contribution is 2.20. The molecule has 98 valence electrons. The average molecular weight is 260 g/mol. The van der Waals surface area contributed by atoms with Crippen LogP contribution in [0.4, 0.5) is 0 Å². The van der Waals surface area contributed by atoms with Gasteiger partial charge in [0.15, 0.2) is 0 Å². The molecule has 0 bridgehead atoms. The molecule has 4 nitrogen and oxygen atoms in total. The number of aliphatic hydroxyl groups excluding tert-OH is 1. The zero-order valence-corrected chi connectivity index (χ0v) is 11.6. The third-order valence-electron chi connectivity index (χ3n) is 2.93. The number of rotatable bonds is 7. The Labute approximate surface area is 108 Å². The van der Waals surface area contributed by atoms with Crippen molar-refractivity contribution in [1.82, 2.24) is 14.9 Å². The lowest BCUT2D eigenvalue weighted by Gasteiger charge is -2.24. The summed E-state index contributed by atoms with van der Waals surface area (Å²) in [7, 11) is 1.91. The maximum absolute atomic E-state index is 8.82.